The van der Waals surface area contributed by atoms with Crippen LogP contribution < -0.4 is 0 Å². The van der Waals surface area contributed by atoms with Crippen LogP contribution in [-0.4, -0.2) is 11.2 Å². The number of fused-ring (bicyclic) bond motifs is 2. The summed E-state index contributed by atoms with van der Waals surface area (Å²) < 4.78 is 0. The summed E-state index contributed by atoms with van der Waals surface area (Å²) in [5.74, 6) is 4.39. The van der Waals surface area contributed by atoms with Gasteiger partial charge in [0.2, 0.25) is 0 Å². The van der Waals surface area contributed by atoms with Gasteiger partial charge in [-0.15, -0.1) is 0 Å². The second-order valence-corrected chi connectivity index (χ2v) is 6.92. The monoisotopic (exact) mass is 222 g/mol. The summed E-state index contributed by atoms with van der Waals surface area (Å²) in [6, 6.07) is 0. The van der Waals surface area contributed by atoms with E-state index in [9.17, 15) is 5.11 Å². The Bertz CT molecular complexity index is 250. The van der Waals surface area contributed by atoms with E-state index in [2.05, 4.69) is 6.92 Å². The van der Waals surface area contributed by atoms with E-state index >= 15 is 0 Å². The Hall–Kier alpha value is -0.0400. The molecule has 0 aromatic heterocycles. The van der Waals surface area contributed by atoms with Crippen LogP contribution in [0.15, 0.2) is 0 Å². The second kappa shape index (κ2) is 4.33. The Morgan fingerprint density at radius 3 is 2.50 bits per heavy atom. The molecule has 6 atom stereocenters. The molecular weight excluding hydrogens is 196 g/mol. The summed E-state index contributed by atoms with van der Waals surface area (Å²) in [6.45, 7) is 2.34. The molecule has 1 N–H and O–H groups in total. The summed E-state index contributed by atoms with van der Waals surface area (Å²) >= 11 is 0. The van der Waals surface area contributed by atoms with Gasteiger partial charge in [0.1, 0.15) is 0 Å². The number of aliphatic hydroxyl groups excluding tert-OH is 1. The van der Waals surface area contributed by atoms with E-state index in [0.29, 0.717) is 5.92 Å². The average Bonchev–Trinajstić information content (AvgIpc) is 2.92. The molecule has 3 aliphatic carbocycles. The van der Waals surface area contributed by atoms with Gasteiger partial charge in [0.15, 0.2) is 0 Å². The van der Waals surface area contributed by atoms with Gasteiger partial charge in [-0.05, 0) is 68.1 Å². The van der Waals surface area contributed by atoms with Gasteiger partial charge in [0.05, 0.1) is 6.10 Å². The molecule has 1 nitrogen and oxygen atoms in total. The number of hydrogen-bond acceptors (Lipinski definition) is 1. The molecule has 0 amide bonds. The van der Waals surface area contributed by atoms with Crippen molar-refractivity contribution < 1.29 is 5.11 Å². The van der Waals surface area contributed by atoms with Crippen LogP contribution in [-0.2, 0) is 0 Å². The Balaban J connectivity index is 1.51. The normalized spacial score (nSPS) is 48.8. The second-order valence-electron chi connectivity index (χ2n) is 6.92. The molecule has 3 rings (SSSR count). The van der Waals surface area contributed by atoms with E-state index in [0.717, 1.165) is 30.1 Å². The molecule has 0 saturated heterocycles. The molecule has 0 aromatic rings. The molecule has 0 aromatic carbocycles. The molecule has 3 fully saturated rings. The van der Waals surface area contributed by atoms with Crippen molar-refractivity contribution >= 4 is 0 Å². The van der Waals surface area contributed by atoms with E-state index in [1.165, 1.54) is 44.9 Å². The molecule has 3 aliphatic rings. The van der Waals surface area contributed by atoms with E-state index < -0.39 is 0 Å². The minimum atomic E-state index is 0.0225. The SMILES string of the molecule is CC1CCC(C(O)CC2CC3CCC2C3)C1. The Morgan fingerprint density at radius 2 is 1.94 bits per heavy atom. The van der Waals surface area contributed by atoms with Crippen LogP contribution in [0.4, 0.5) is 0 Å². The van der Waals surface area contributed by atoms with Crippen molar-refractivity contribution in [2.24, 2.45) is 29.6 Å². The van der Waals surface area contributed by atoms with Gasteiger partial charge in [-0.3, -0.25) is 0 Å². The Kier molecular flexibility index (Phi) is 2.99. The van der Waals surface area contributed by atoms with Crippen molar-refractivity contribution in [1.82, 2.24) is 0 Å². The standard InChI is InChI=1S/C15H26O/c1-10-2-4-13(6-10)15(16)9-14-8-11-3-5-12(14)7-11/h10-16H,2-9H2,1H3. The van der Waals surface area contributed by atoms with Crippen LogP contribution in [0.2, 0.25) is 0 Å². The van der Waals surface area contributed by atoms with E-state index in [1.54, 1.807) is 0 Å². The summed E-state index contributed by atoms with van der Waals surface area (Å²) in [5, 5.41) is 10.4. The van der Waals surface area contributed by atoms with E-state index in [-0.39, 0.29) is 6.10 Å². The highest BCUT2D eigenvalue weighted by molar-refractivity contribution is 4.92. The third-order valence-electron chi connectivity index (χ3n) is 5.71. The van der Waals surface area contributed by atoms with Crippen molar-refractivity contribution in [2.75, 3.05) is 0 Å². The molecule has 0 radical (unpaired) electrons. The molecule has 3 saturated carbocycles. The summed E-state index contributed by atoms with van der Waals surface area (Å²) in [7, 11) is 0. The zero-order valence-electron chi connectivity index (χ0n) is 10.6. The zero-order chi connectivity index (χ0) is 11.1. The van der Waals surface area contributed by atoms with Gasteiger partial charge in [-0.1, -0.05) is 19.8 Å². The van der Waals surface area contributed by atoms with Crippen LogP contribution in [0.3, 0.4) is 0 Å². The maximum Gasteiger partial charge on any atom is 0.0571 e. The smallest absolute Gasteiger partial charge is 0.0571 e. The summed E-state index contributed by atoms with van der Waals surface area (Å²) in [6.07, 6.45) is 10.9. The van der Waals surface area contributed by atoms with Gasteiger partial charge in [-0.25, -0.2) is 0 Å². The van der Waals surface area contributed by atoms with Crippen molar-refractivity contribution in [1.29, 1.82) is 0 Å². The van der Waals surface area contributed by atoms with Gasteiger partial charge in [0.25, 0.3) is 0 Å². The van der Waals surface area contributed by atoms with Gasteiger partial charge < -0.3 is 5.11 Å². The number of hydrogen-bond donors (Lipinski definition) is 1. The fraction of sp³-hybridized carbons (Fsp3) is 1.00. The van der Waals surface area contributed by atoms with E-state index in [4.69, 9.17) is 0 Å². The lowest BCUT2D eigenvalue weighted by Crippen LogP contribution is -2.24. The minimum absolute atomic E-state index is 0.0225. The minimum Gasteiger partial charge on any atom is -0.393 e. The number of aliphatic hydroxyl groups is 1. The predicted octanol–water partition coefficient (Wildman–Crippen LogP) is 3.61. The summed E-state index contributed by atoms with van der Waals surface area (Å²) in [5.41, 5.74) is 0. The lowest BCUT2D eigenvalue weighted by Gasteiger charge is -2.27. The van der Waals surface area contributed by atoms with Crippen LogP contribution >= 0.6 is 0 Å². The van der Waals surface area contributed by atoms with E-state index in [1.807, 2.05) is 0 Å². The Labute approximate surface area is 99.6 Å². The quantitative estimate of drug-likeness (QED) is 0.773. The first kappa shape index (κ1) is 11.1. The van der Waals surface area contributed by atoms with Crippen LogP contribution in [0.1, 0.15) is 58.3 Å². The first-order valence-corrected chi connectivity index (χ1v) is 7.40. The highest BCUT2D eigenvalue weighted by Crippen LogP contribution is 2.50. The lowest BCUT2D eigenvalue weighted by molar-refractivity contribution is 0.0714. The molecule has 16 heavy (non-hydrogen) atoms. The third-order valence-corrected chi connectivity index (χ3v) is 5.71. The first-order valence-electron chi connectivity index (χ1n) is 7.40. The van der Waals surface area contributed by atoms with Gasteiger partial charge in [0, 0.05) is 0 Å². The topological polar surface area (TPSA) is 20.2 Å². The molecule has 0 spiro atoms. The van der Waals surface area contributed by atoms with Gasteiger partial charge >= 0.3 is 0 Å². The van der Waals surface area contributed by atoms with Gasteiger partial charge in [-0.2, -0.15) is 0 Å². The highest BCUT2D eigenvalue weighted by Gasteiger charge is 2.41. The molecule has 2 bridgehead atoms. The molecule has 6 unspecified atom stereocenters. The van der Waals surface area contributed by atoms with Crippen LogP contribution in [0.5, 0.6) is 0 Å². The highest BCUT2D eigenvalue weighted by atomic mass is 16.3. The van der Waals surface area contributed by atoms with Crippen LogP contribution in [0.25, 0.3) is 0 Å². The molecule has 0 heterocycles. The van der Waals surface area contributed by atoms with Crippen molar-refractivity contribution in [2.45, 2.75) is 64.4 Å². The number of rotatable bonds is 3. The molecule has 0 aliphatic heterocycles. The van der Waals surface area contributed by atoms with Crippen molar-refractivity contribution in [3.63, 3.8) is 0 Å². The molecular formula is C15H26O. The fourth-order valence-corrected chi connectivity index (χ4v) is 4.77. The third kappa shape index (κ3) is 2.03. The van der Waals surface area contributed by atoms with Crippen molar-refractivity contribution in [3.05, 3.63) is 0 Å². The van der Waals surface area contributed by atoms with Crippen LogP contribution in [0, 0.1) is 29.6 Å². The predicted molar refractivity (Wildman–Crippen MR) is 66.1 cm³/mol. The maximum atomic E-state index is 10.4. The largest absolute Gasteiger partial charge is 0.393 e. The first-order chi connectivity index (χ1) is 7.72. The Morgan fingerprint density at radius 1 is 1.06 bits per heavy atom. The lowest BCUT2D eigenvalue weighted by atomic mass is 9.82. The summed E-state index contributed by atoms with van der Waals surface area (Å²) in [4.78, 5) is 0. The fourth-order valence-electron chi connectivity index (χ4n) is 4.77. The maximum absolute atomic E-state index is 10.4. The average molecular weight is 222 g/mol. The molecule has 1 heteroatoms. The van der Waals surface area contributed by atoms with Crippen molar-refractivity contribution in [3.8, 4) is 0 Å². The molecule has 92 valence electrons. The zero-order valence-corrected chi connectivity index (χ0v) is 10.6.